The van der Waals surface area contributed by atoms with Gasteiger partial charge in [-0.3, -0.25) is 4.90 Å². The van der Waals surface area contributed by atoms with Crippen LogP contribution in [0.5, 0.6) is 0 Å². The van der Waals surface area contributed by atoms with Crippen LogP contribution in [0, 0.1) is 0 Å². The fourth-order valence-corrected chi connectivity index (χ4v) is 3.45. The number of aryl methyl sites for hydroxylation is 2. The van der Waals surface area contributed by atoms with E-state index in [0.717, 1.165) is 13.1 Å². The van der Waals surface area contributed by atoms with Crippen LogP contribution in [0.2, 0.25) is 0 Å². The molecule has 1 aliphatic carbocycles. The molecule has 2 heteroatoms. The van der Waals surface area contributed by atoms with E-state index in [9.17, 15) is 0 Å². The zero-order chi connectivity index (χ0) is 13.2. The van der Waals surface area contributed by atoms with Gasteiger partial charge in [-0.05, 0) is 49.3 Å². The van der Waals surface area contributed by atoms with Crippen LogP contribution in [0.15, 0.2) is 18.2 Å². The van der Waals surface area contributed by atoms with Crippen LogP contribution in [0.4, 0.5) is 0 Å². The first-order chi connectivity index (χ1) is 9.26. The summed E-state index contributed by atoms with van der Waals surface area (Å²) in [4.78, 5) is 2.64. The van der Waals surface area contributed by atoms with Crippen LogP contribution in [0.3, 0.4) is 0 Å². The molecule has 1 fully saturated rings. The lowest BCUT2D eigenvalue weighted by atomic mass is 10.0. The third-order valence-electron chi connectivity index (χ3n) is 4.82. The Bertz CT molecular complexity index is 441. The van der Waals surface area contributed by atoms with Gasteiger partial charge in [0.1, 0.15) is 0 Å². The number of nitrogens with one attached hydrogen (secondary N) is 1. The van der Waals surface area contributed by atoms with Crippen molar-refractivity contribution in [3.63, 3.8) is 0 Å². The maximum Gasteiger partial charge on any atom is 0.0237 e. The topological polar surface area (TPSA) is 15.3 Å². The second-order valence-electron chi connectivity index (χ2n) is 6.25. The van der Waals surface area contributed by atoms with Gasteiger partial charge in [0.25, 0.3) is 0 Å². The van der Waals surface area contributed by atoms with Gasteiger partial charge in [-0.1, -0.05) is 25.1 Å². The highest BCUT2D eigenvalue weighted by Gasteiger charge is 2.24. The Labute approximate surface area is 117 Å². The molecule has 2 unspecified atom stereocenters. The number of fused-ring (bicyclic) bond motifs is 1. The van der Waals surface area contributed by atoms with Crippen molar-refractivity contribution in [2.75, 3.05) is 13.1 Å². The van der Waals surface area contributed by atoms with E-state index >= 15 is 0 Å². The SMILES string of the molecule is CCC1CN(Cc2ccc3c(c2)CCC3)C(C)CN1. The van der Waals surface area contributed by atoms with Crippen LogP contribution < -0.4 is 5.32 Å². The van der Waals surface area contributed by atoms with E-state index in [-0.39, 0.29) is 0 Å². The molecule has 0 aromatic heterocycles. The predicted molar refractivity (Wildman–Crippen MR) is 80.4 cm³/mol. The molecule has 3 rings (SSSR count). The van der Waals surface area contributed by atoms with Gasteiger partial charge in [-0.25, -0.2) is 0 Å². The van der Waals surface area contributed by atoms with E-state index in [2.05, 4.69) is 42.3 Å². The maximum atomic E-state index is 3.63. The third-order valence-corrected chi connectivity index (χ3v) is 4.82. The highest BCUT2D eigenvalue weighted by atomic mass is 15.2. The van der Waals surface area contributed by atoms with Crippen LogP contribution >= 0.6 is 0 Å². The van der Waals surface area contributed by atoms with E-state index in [1.807, 2.05) is 0 Å². The molecule has 1 heterocycles. The monoisotopic (exact) mass is 258 g/mol. The minimum atomic E-state index is 0.649. The van der Waals surface area contributed by atoms with Crippen LogP contribution in [-0.4, -0.2) is 30.1 Å². The van der Waals surface area contributed by atoms with Gasteiger partial charge < -0.3 is 5.32 Å². The first-order valence-corrected chi connectivity index (χ1v) is 7.84. The number of hydrogen-bond donors (Lipinski definition) is 1. The van der Waals surface area contributed by atoms with Gasteiger partial charge in [0, 0.05) is 31.7 Å². The Kier molecular flexibility index (Phi) is 3.90. The summed E-state index contributed by atoms with van der Waals surface area (Å²) < 4.78 is 0. The molecule has 2 atom stereocenters. The summed E-state index contributed by atoms with van der Waals surface area (Å²) in [6.45, 7) is 8.05. The normalized spacial score (nSPS) is 27.5. The summed E-state index contributed by atoms with van der Waals surface area (Å²) >= 11 is 0. The number of benzene rings is 1. The second-order valence-corrected chi connectivity index (χ2v) is 6.25. The molecule has 1 aromatic carbocycles. The van der Waals surface area contributed by atoms with Gasteiger partial charge in [0.05, 0.1) is 0 Å². The molecule has 1 aromatic rings. The molecule has 1 saturated heterocycles. The lowest BCUT2D eigenvalue weighted by molar-refractivity contribution is 0.131. The fourth-order valence-electron chi connectivity index (χ4n) is 3.45. The van der Waals surface area contributed by atoms with E-state index in [4.69, 9.17) is 0 Å². The fraction of sp³-hybridized carbons (Fsp3) is 0.647. The molecule has 0 saturated carbocycles. The molecule has 104 valence electrons. The van der Waals surface area contributed by atoms with Gasteiger partial charge in [0.2, 0.25) is 0 Å². The summed E-state index contributed by atoms with van der Waals surface area (Å²) in [5.74, 6) is 0. The standard InChI is InChI=1S/C17H26N2/c1-3-17-12-19(13(2)10-18-17)11-14-7-8-15-5-4-6-16(15)9-14/h7-9,13,17-18H,3-6,10-12H2,1-2H3. The maximum absolute atomic E-state index is 3.63. The van der Waals surface area contributed by atoms with Crippen molar-refractivity contribution in [1.82, 2.24) is 10.2 Å². The molecule has 19 heavy (non-hydrogen) atoms. The minimum absolute atomic E-state index is 0.649. The van der Waals surface area contributed by atoms with Crippen LogP contribution in [0.1, 0.15) is 43.4 Å². The van der Waals surface area contributed by atoms with Crippen molar-refractivity contribution in [2.45, 2.75) is 58.2 Å². The summed E-state index contributed by atoms with van der Waals surface area (Å²) in [7, 11) is 0. The number of hydrogen-bond acceptors (Lipinski definition) is 2. The Morgan fingerprint density at radius 1 is 1.26 bits per heavy atom. The van der Waals surface area contributed by atoms with E-state index in [1.54, 1.807) is 11.1 Å². The molecule has 2 nitrogen and oxygen atoms in total. The molecule has 0 spiro atoms. The van der Waals surface area contributed by atoms with Crippen molar-refractivity contribution < 1.29 is 0 Å². The van der Waals surface area contributed by atoms with Crippen LogP contribution in [0.25, 0.3) is 0 Å². The molecular formula is C17H26N2. The van der Waals surface area contributed by atoms with E-state index < -0.39 is 0 Å². The first kappa shape index (κ1) is 13.1. The van der Waals surface area contributed by atoms with Crippen LogP contribution in [-0.2, 0) is 19.4 Å². The minimum Gasteiger partial charge on any atom is -0.311 e. The van der Waals surface area contributed by atoms with Crippen molar-refractivity contribution in [1.29, 1.82) is 0 Å². The highest BCUT2D eigenvalue weighted by Crippen LogP contribution is 2.24. The predicted octanol–water partition coefficient (Wildman–Crippen LogP) is 2.75. The van der Waals surface area contributed by atoms with E-state index in [0.29, 0.717) is 12.1 Å². The highest BCUT2D eigenvalue weighted by molar-refractivity contribution is 5.35. The Morgan fingerprint density at radius 3 is 2.95 bits per heavy atom. The van der Waals surface area contributed by atoms with Crippen molar-refractivity contribution in [3.05, 3.63) is 34.9 Å². The molecule has 1 aliphatic heterocycles. The molecular weight excluding hydrogens is 232 g/mol. The Hall–Kier alpha value is -0.860. The summed E-state index contributed by atoms with van der Waals surface area (Å²) in [6, 6.07) is 8.49. The number of rotatable bonds is 3. The van der Waals surface area contributed by atoms with Gasteiger partial charge in [-0.15, -0.1) is 0 Å². The van der Waals surface area contributed by atoms with Gasteiger partial charge in [0.15, 0.2) is 0 Å². The lowest BCUT2D eigenvalue weighted by Crippen LogP contribution is -2.54. The quantitative estimate of drug-likeness (QED) is 0.897. The zero-order valence-corrected chi connectivity index (χ0v) is 12.3. The van der Waals surface area contributed by atoms with E-state index in [1.165, 1.54) is 37.8 Å². The van der Waals surface area contributed by atoms with Crippen molar-refractivity contribution in [3.8, 4) is 0 Å². The van der Waals surface area contributed by atoms with Gasteiger partial charge >= 0.3 is 0 Å². The lowest BCUT2D eigenvalue weighted by Gasteiger charge is -2.38. The average Bonchev–Trinajstić information content (AvgIpc) is 2.89. The Balaban J connectivity index is 1.69. The molecule has 2 aliphatic rings. The summed E-state index contributed by atoms with van der Waals surface area (Å²) in [5, 5.41) is 3.63. The summed E-state index contributed by atoms with van der Waals surface area (Å²) in [6.07, 6.45) is 5.16. The smallest absolute Gasteiger partial charge is 0.0237 e. The largest absolute Gasteiger partial charge is 0.311 e. The molecule has 0 bridgehead atoms. The molecule has 1 N–H and O–H groups in total. The third kappa shape index (κ3) is 2.85. The van der Waals surface area contributed by atoms with Gasteiger partial charge in [-0.2, -0.15) is 0 Å². The van der Waals surface area contributed by atoms with Crippen molar-refractivity contribution in [2.24, 2.45) is 0 Å². The number of piperazine rings is 1. The number of nitrogens with zero attached hydrogens (tertiary/aromatic N) is 1. The average molecular weight is 258 g/mol. The second kappa shape index (κ2) is 5.64. The zero-order valence-electron chi connectivity index (χ0n) is 12.3. The first-order valence-electron chi connectivity index (χ1n) is 7.84. The Morgan fingerprint density at radius 2 is 2.11 bits per heavy atom. The summed E-state index contributed by atoms with van der Waals surface area (Å²) in [5.41, 5.74) is 4.69. The molecule has 0 radical (unpaired) electrons. The molecule has 0 amide bonds. The van der Waals surface area contributed by atoms with Crippen molar-refractivity contribution >= 4 is 0 Å².